The first-order chi connectivity index (χ1) is 11.9. The highest BCUT2D eigenvalue weighted by Crippen LogP contribution is 2.23. The molecule has 26 heavy (non-hydrogen) atoms. The number of benzene rings is 1. The summed E-state index contributed by atoms with van der Waals surface area (Å²) in [6.07, 6.45) is 1.40. The monoisotopic (exact) mass is 389 g/mol. The van der Waals surface area contributed by atoms with E-state index in [0.717, 1.165) is 25.9 Å². The number of halogens is 4. The smallest absolute Gasteiger partial charge is 0.231 e. The maximum atomic E-state index is 13.6. The van der Waals surface area contributed by atoms with Crippen molar-refractivity contribution >= 4 is 24.3 Å². The van der Waals surface area contributed by atoms with E-state index in [1.165, 1.54) is 4.68 Å². The van der Waals surface area contributed by atoms with Crippen molar-refractivity contribution in [2.24, 2.45) is 7.05 Å². The van der Waals surface area contributed by atoms with E-state index < -0.39 is 29.8 Å². The van der Waals surface area contributed by atoms with Crippen LogP contribution in [0.2, 0.25) is 0 Å². The van der Waals surface area contributed by atoms with Crippen molar-refractivity contribution in [2.75, 3.05) is 18.4 Å². The molecule has 0 radical (unpaired) electrons. The van der Waals surface area contributed by atoms with Gasteiger partial charge in [-0.05, 0) is 32.0 Å². The summed E-state index contributed by atoms with van der Waals surface area (Å²) in [4.78, 5) is 16.4. The van der Waals surface area contributed by atoms with Crippen molar-refractivity contribution < 1.29 is 18.0 Å². The summed E-state index contributed by atoms with van der Waals surface area (Å²) in [6, 6.07) is 1.11. The molecular weight excluding hydrogens is 371 g/mol. The Balaban J connectivity index is 0.00000243. The van der Waals surface area contributed by atoms with Crippen LogP contribution in [0.1, 0.15) is 30.1 Å². The van der Waals surface area contributed by atoms with Crippen LogP contribution >= 0.6 is 12.4 Å². The van der Waals surface area contributed by atoms with Crippen LogP contribution in [-0.2, 0) is 18.3 Å². The van der Waals surface area contributed by atoms with E-state index in [9.17, 15) is 18.0 Å². The van der Waals surface area contributed by atoms with Gasteiger partial charge in [0.1, 0.15) is 5.82 Å². The normalized spacial score (nSPS) is 14.8. The molecule has 142 valence electrons. The van der Waals surface area contributed by atoms with E-state index in [1.807, 2.05) is 0 Å². The molecule has 0 spiro atoms. The van der Waals surface area contributed by atoms with Crippen LogP contribution in [0.25, 0.3) is 0 Å². The lowest BCUT2D eigenvalue weighted by Gasteiger charge is -2.19. The third-order valence-corrected chi connectivity index (χ3v) is 4.18. The lowest BCUT2D eigenvalue weighted by atomic mass is 9.98. The number of aromatic nitrogens is 3. The first-order valence-corrected chi connectivity index (χ1v) is 7.99. The quantitative estimate of drug-likeness (QED) is 0.787. The lowest BCUT2D eigenvalue weighted by molar-refractivity contribution is -0.115. The number of rotatable bonds is 4. The highest BCUT2D eigenvalue weighted by molar-refractivity contribution is 5.90. The fourth-order valence-electron chi connectivity index (χ4n) is 2.81. The van der Waals surface area contributed by atoms with Gasteiger partial charge in [0.2, 0.25) is 11.9 Å². The SMILES string of the molecule is Cl.Cn1nc(C2CCNCC2)nc1NC(=O)Cc1cc(F)c(F)cc1F. The van der Waals surface area contributed by atoms with Crippen LogP contribution in [-0.4, -0.2) is 33.8 Å². The van der Waals surface area contributed by atoms with Gasteiger partial charge in [0.25, 0.3) is 0 Å². The average molecular weight is 390 g/mol. The van der Waals surface area contributed by atoms with Gasteiger partial charge in [-0.15, -0.1) is 12.4 Å². The Morgan fingerprint density at radius 1 is 1.23 bits per heavy atom. The molecule has 2 aromatic rings. The van der Waals surface area contributed by atoms with Gasteiger partial charge in [-0.2, -0.15) is 10.1 Å². The summed E-state index contributed by atoms with van der Waals surface area (Å²) in [5, 5.41) is 10.1. The molecule has 3 rings (SSSR count). The number of hydrogen-bond acceptors (Lipinski definition) is 4. The molecule has 0 bridgehead atoms. The molecule has 0 saturated carbocycles. The Labute approximate surface area is 154 Å². The van der Waals surface area contributed by atoms with E-state index in [2.05, 4.69) is 20.7 Å². The van der Waals surface area contributed by atoms with Crippen molar-refractivity contribution in [3.05, 3.63) is 41.0 Å². The number of amides is 1. The first-order valence-electron chi connectivity index (χ1n) is 7.99. The molecule has 1 aromatic heterocycles. The second kappa shape index (κ2) is 8.50. The zero-order valence-electron chi connectivity index (χ0n) is 14.1. The minimum Gasteiger partial charge on any atom is -0.317 e. The average Bonchev–Trinajstić information content (AvgIpc) is 2.94. The molecule has 1 aromatic carbocycles. The second-order valence-corrected chi connectivity index (χ2v) is 6.02. The zero-order chi connectivity index (χ0) is 18.0. The van der Waals surface area contributed by atoms with Crippen molar-refractivity contribution in [2.45, 2.75) is 25.2 Å². The fourth-order valence-corrected chi connectivity index (χ4v) is 2.81. The van der Waals surface area contributed by atoms with E-state index in [-0.39, 0.29) is 29.8 Å². The van der Waals surface area contributed by atoms with Gasteiger partial charge in [-0.25, -0.2) is 17.9 Å². The van der Waals surface area contributed by atoms with Gasteiger partial charge in [0.15, 0.2) is 17.5 Å². The van der Waals surface area contributed by atoms with Crippen LogP contribution in [0.3, 0.4) is 0 Å². The number of nitrogens with one attached hydrogen (secondary N) is 2. The maximum absolute atomic E-state index is 13.6. The molecule has 1 amide bonds. The van der Waals surface area contributed by atoms with Crippen molar-refractivity contribution in [1.82, 2.24) is 20.1 Å². The molecule has 0 unspecified atom stereocenters. The van der Waals surface area contributed by atoms with Crippen LogP contribution in [0.4, 0.5) is 19.1 Å². The predicted octanol–water partition coefficient (Wildman–Crippen LogP) is 2.30. The van der Waals surface area contributed by atoms with Crippen molar-refractivity contribution in [3.63, 3.8) is 0 Å². The molecule has 0 atom stereocenters. The van der Waals surface area contributed by atoms with Gasteiger partial charge in [0, 0.05) is 24.6 Å². The Morgan fingerprint density at radius 3 is 2.58 bits per heavy atom. The molecule has 10 heteroatoms. The van der Waals surface area contributed by atoms with Gasteiger partial charge in [-0.1, -0.05) is 0 Å². The number of carbonyl (C=O) groups excluding carboxylic acids is 1. The summed E-state index contributed by atoms with van der Waals surface area (Å²) in [5.74, 6) is -2.93. The Kier molecular flexibility index (Phi) is 6.60. The van der Waals surface area contributed by atoms with Gasteiger partial charge < -0.3 is 5.32 Å². The Morgan fingerprint density at radius 2 is 1.88 bits per heavy atom. The molecule has 2 N–H and O–H groups in total. The highest BCUT2D eigenvalue weighted by Gasteiger charge is 2.21. The number of aryl methyl sites for hydroxylation is 1. The lowest BCUT2D eigenvalue weighted by Crippen LogP contribution is -2.27. The van der Waals surface area contributed by atoms with Crippen molar-refractivity contribution in [3.8, 4) is 0 Å². The Hall–Kier alpha value is -2.13. The second-order valence-electron chi connectivity index (χ2n) is 6.02. The molecular formula is C16H19ClF3N5O. The molecule has 1 saturated heterocycles. The predicted molar refractivity (Wildman–Crippen MR) is 91.7 cm³/mol. The summed E-state index contributed by atoms with van der Waals surface area (Å²) in [5.41, 5.74) is -0.225. The third-order valence-electron chi connectivity index (χ3n) is 4.18. The van der Waals surface area contributed by atoms with Crippen LogP contribution in [0.5, 0.6) is 0 Å². The van der Waals surface area contributed by atoms with Crippen molar-refractivity contribution in [1.29, 1.82) is 0 Å². The molecule has 1 aliphatic rings. The number of nitrogens with zero attached hydrogens (tertiary/aromatic N) is 3. The fraction of sp³-hybridized carbons (Fsp3) is 0.438. The first kappa shape index (κ1) is 20.2. The minimum absolute atomic E-state index is 0. The van der Waals surface area contributed by atoms with Gasteiger partial charge in [0.05, 0.1) is 6.42 Å². The standard InChI is InChI=1S/C16H18F3N5O.ClH/c1-24-16(22-15(23-24)9-2-4-20-5-3-9)21-14(25)7-10-6-12(18)13(19)8-11(10)17;/h6,8-9,20H,2-5,7H2,1H3,(H,21,22,23,25);1H. The molecule has 6 nitrogen and oxygen atoms in total. The number of carbonyl (C=O) groups is 1. The van der Waals surface area contributed by atoms with Gasteiger partial charge in [-0.3, -0.25) is 10.1 Å². The van der Waals surface area contributed by atoms with Crippen LogP contribution in [0.15, 0.2) is 12.1 Å². The van der Waals surface area contributed by atoms with Crippen LogP contribution < -0.4 is 10.6 Å². The largest absolute Gasteiger partial charge is 0.317 e. The van der Waals surface area contributed by atoms with Gasteiger partial charge >= 0.3 is 0 Å². The minimum atomic E-state index is -1.29. The summed E-state index contributed by atoms with van der Waals surface area (Å²) in [7, 11) is 1.64. The molecule has 0 aliphatic carbocycles. The zero-order valence-corrected chi connectivity index (χ0v) is 14.9. The maximum Gasteiger partial charge on any atom is 0.231 e. The molecule has 1 aliphatic heterocycles. The summed E-state index contributed by atoms with van der Waals surface area (Å²) >= 11 is 0. The van der Waals surface area contributed by atoms with Crippen LogP contribution in [0, 0.1) is 17.5 Å². The molecule has 2 heterocycles. The summed E-state index contributed by atoms with van der Waals surface area (Å²) in [6.45, 7) is 1.78. The highest BCUT2D eigenvalue weighted by atomic mass is 35.5. The van der Waals surface area contributed by atoms with E-state index in [0.29, 0.717) is 18.0 Å². The summed E-state index contributed by atoms with van der Waals surface area (Å²) < 4.78 is 41.2. The number of anilines is 1. The van der Waals surface area contributed by atoms with E-state index in [1.54, 1.807) is 7.05 Å². The third kappa shape index (κ3) is 4.53. The van der Waals surface area contributed by atoms with E-state index in [4.69, 9.17) is 0 Å². The molecule has 1 fully saturated rings. The topological polar surface area (TPSA) is 71.8 Å². The Bertz CT molecular complexity index is 792. The van der Waals surface area contributed by atoms with E-state index >= 15 is 0 Å². The number of piperidine rings is 1. The number of hydrogen-bond donors (Lipinski definition) is 2.